The molecule has 0 saturated carbocycles. The summed E-state index contributed by atoms with van der Waals surface area (Å²) in [4.78, 5) is 6.67. The Morgan fingerprint density at radius 3 is 2.68 bits per heavy atom. The monoisotopic (exact) mass is 263 g/mol. The Kier molecular flexibility index (Phi) is 4.77. The van der Waals surface area contributed by atoms with Crippen molar-refractivity contribution < 1.29 is 4.74 Å². The van der Waals surface area contributed by atoms with Gasteiger partial charge >= 0.3 is 0 Å². The predicted molar refractivity (Wildman–Crippen MR) is 78.4 cm³/mol. The van der Waals surface area contributed by atoms with Crippen LogP contribution in [-0.2, 0) is 11.3 Å². The molecule has 2 heterocycles. The number of ether oxygens (including phenoxy) is 1. The van der Waals surface area contributed by atoms with Crippen LogP contribution in [-0.4, -0.2) is 36.3 Å². The Morgan fingerprint density at radius 2 is 2.05 bits per heavy atom. The van der Waals surface area contributed by atoms with Crippen LogP contribution >= 0.6 is 0 Å². The average Bonchev–Trinajstić information content (AvgIpc) is 2.35. The van der Waals surface area contributed by atoms with Gasteiger partial charge in [0.2, 0.25) is 0 Å². The third kappa shape index (κ3) is 3.91. The van der Waals surface area contributed by atoms with Crippen LogP contribution in [0.4, 0.5) is 5.69 Å². The first-order chi connectivity index (χ1) is 9.06. The van der Waals surface area contributed by atoms with Crippen LogP contribution < -0.4 is 10.2 Å². The summed E-state index contributed by atoms with van der Waals surface area (Å²) in [6.07, 6.45) is 4.40. The van der Waals surface area contributed by atoms with Gasteiger partial charge in [-0.25, -0.2) is 0 Å². The Labute approximate surface area is 116 Å². The molecule has 1 fully saturated rings. The van der Waals surface area contributed by atoms with E-state index < -0.39 is 0 Å². The minimum atomic E-state index is 0.280. The zero-order valence-electron chi connectivity index (χ0n) is 12.4. The van der Waals surface area contributed by atoms with Crippen LogP contribution in [0.3, 0.4) is 0 Å². The quantitative estimate of drug-likeness (QED) is 0.903. The van der Waals surface area contributed by atoms with Gasteiger partial charge < -0.3 is 15.0 Å². The summed E-state index contributed by atoms with van der Waals surface area (Å²) < 4.78 is 5.80. The zero-order chi connectivity index (χ0) is 13.8. The Balaban J connectivity index is 2.14. The van der Waals surface area contributed by atoms with Gasteiger partial charge in [0.15, 0.2) is 0 Å². The maximum atomic E-state index is 5.80. The minimum absolute atomic E-state index is 0.280. The fourth-order valence-corrected chi connectivity index (χ4v) is 2.55. The van der Waals surface area contributed by atoms with Gasteiger partial charge in [-0.05, 0) is 19.9 Å². The zero-order valence-corrected chi connectivity index (χ0v) is 12.4. The summed E-state index contributed by atoms with van der Waals surface area (Å²) in [6, 6.07) is 2.60. The largest absolute Gasteiger partial charge is 0.372 e. The van der Waals surface area contributed by atoms with Gasteiger partial charge in [-0.1, -0.05) is 13.8 Å². The summed E-state index contributed by atoms with van der Waals surface area (Å²) in [5, 5.41) is 3.47. The highest BCUT2D eigenvalue weighted by atomic mass is 16.5. The van der Waals surface area contributed by atoms with Gasteiger partial charge in [-0.2, -0.15) is 0 Å². The fraction of sp³-hybridized carbons (Fsp3) is 0.667. The predicted octanol–water partition coefficient (Wildman–Crippen LogP) is 2.19. The van der Waals surface area contributed by atoms with Crippen molar-refractivity contribution in [3.8, 4) is 0 Å². The number of nitrogens with one attached hydrogen (secondary N) is 1. The molecule has 1 aliphatic heterocycles. The van der Waals surface area contributed by atoms with Crippen molar-refractivity contribution >= 4 is 5.69 Å². The van der Waals surface area contributed by atoms with E-state index in [1.54, 1.807) is 0 Å². The number of anilines is 1. The molecule has 0 bridgehead atoms. The first-order valence-electron chi connectivity index (χ1n) is 7.13. The summed E-state index contributed by atoms with van der Waals surface area (Å²) in [5.41, 5.74) is 2.54. The first kappa shape index (κ1) is 14.3. The van der Waals surface area contributed by atoms with Crippen molar-refractivity contribution in [1.82, 2.24) is 10.3 Å². The highest BCUT2D eigenvalue weighted by Gasteiger charge is 2.23. The molecule has 0 aliphatic carbocycles. The van der Waals surface area contributed by atoms with Crippen LogP contribution in [0.15, 0.2) is 18.5 Å². The SMILES string of the molecule is CC(C)NCc1cnccc1N1CC(C)OC(C)C1. The fourth-order valence-electron chi connectivity index (χ4n) is 2.55. The van der Waals surface area contributed by atoms with Crippen LogP contribution in [0.1, 0.15) is 33.3 Å². The summed E-state index contributed by atoms with van der Waals surface area (Å²) in [7, 11) is 0. The molecule has 2 rings (SSSR count). The maximum absolute atomic E-state index is 5.80. The van der Waals surface area contributed by atoms with Crippen molar-refractivity contribution in [3.63, 3.8) is 0 Å². The number of morpholine rings is 1. The molecule has 1 N–H and O–H groups in total. The molecule has 2 atom stereocenters. The number of hydrogen-bond donors (Lipinski definition) is 1. The number of rotatable bonds is 4. The van der Waals surface area contributed by atoms with E-state index in [0.29, 0.717) is 6.04 Å². The van der Waals surface area contributed by atoms with Gasteiger partial charge in [0.05, 0.1) is 12.2 Å². The topological polar surface area (TPSA) is 37.4 Å². The lowest BCUT2D eigenvalue weighted by Gasteiger charge is -2.37. The van der Waals surface area contributed by atoms with E-state index in [4.69, 9.17) is 4.74 Å². The third-order valence-electron chi connectivity index (χ3n) is 3.34. The number of nitrogens with zero attached hydrogens (tertiary/aromatic N) is 2. The van der Waals surface area contributed by atoms with E-state index in [1.807, 2.05) is 12.4 Å². The molecule has 1 aromatic rings. The third-order valence-corrected chi connectivity index (χ3v) is 3.34. The highest BCUT2D eigenvalue weighted by Crippen LogP contribution is 2.23. The maximum Gasteiger partial charge on any atom is 0.0726 e. The summed E-state index contributed by atoms with van der Waals surface area (Å²) in [5.74, 6) is 0. The molecule has 4 heteroatoms. The summed E-state index contributed by atoms with van der Waals surface area (Å²) in [6.45, 7) is 11.3. The molecule has 0 spiro atoms. The molecule has 0 amide bonds. The van der Waals surface area contributed by atoms with Gasteiger partial charge in [0, 0.05) is 49.3 Å². The Hall–Kier alpha value is -1.13. The molecular weight excluding hydrogens is 238 g/mol. The smallest absolute Gasteiger partial charge is 0.0726 e. The van der Waals surface area contributed by atoms with E-state index in [-0.39, 0.29) is 12.2 Å². The van der Waals surface area contributed by atoms with Crippen molar-refractivity contribution in [2.75, 3.05) is 18.0 Å². The number of hydrogen-bond acceptors (Lipinski definition) is 4. The van der Waals surface area contributed by atoms with Crippen LogP contribution in [0.2, 0.25) is 0 Å². The van der Waals surface area contributed by atoms with Gasteiger partial charge in [0.1, 0.15) is 0 Å². The average molecular weight is 263 g/mol. The number of pyridine rings is 1. The van der Waals surface area contributed by atoms with Crippen molar-refractivity contribution in [2.24, 2.45) is 0 Å². The van der Waals surface area contributed by atoms with E-state index in [1.165, 1.54) is 11.3 Å². The van der Waals surface area contributed by atoms with E-state index >= 15 is 0 Å². The van der Waals surface area contributed by atoms with Crippen LogP contribution in [0.5, 0.6) is 0 Å². The van der Waals surface area contributed by atoms with Crippen molar-refractivity contribution in [3.05, 3.63) is 24.0 Å². The van der Waals surface area contributed by atoms with Crippen LogP contribution in [0, 0.1) is 0 Å². The second-order valence-corrected chi connectivity index (χ2v) is 5.70. The lowest BCUT2D eigenvalue weighted by molar-refractivity contribution is -0.00527. The summed E-state index contributed by atoms with van der Waals surface area (Å²) >= 11 is 0. The lowest BCUT2D eigenvalue weighted by atomic mass is 10.1. The van der Waals surface area contributed by atoms with E-state index in [0.717, 1.165) is 19.6 Å². The Morgan fingerprint density at radius 1 is 1.37 bits per heavy atom. The second kappa shape index (κ2) is 6.35. The number of aromatic nitrogens is 1. The second-order valence-electron chi connectivity index (χ2n) is 5.70. The van der Waals surface area contributed by atoms with Gasteiger partial charge in [-0.3, -0.25) is 4.98 Å². The van der Waals surface area contributed by atoms with Crippen molar-refractivity contribution in [1.29, 1.82) is 0 Å². The molecular formula is C15H25N3O. The molecule has 19 heavy (non-hydrogen) atoms. The van der Waals surface area contributed by atoms with Gasteiger partial charge in [0.25, 0.3) is 0 Å². The highest BCUT2D eigenvalue weighted by molar-refractivity contribution is 5.52. The first-order valence-corrected chi connectivity index (χ1v) is 7.13. The Bertz CT molecular complexity index is 398. The van der Waals surface area contributed by atoms with E-state index in [9.17, 15) is 0 Å². The normalized spacial score (nSPS) is 23.9. The minimum Gasteiger partial charge on any atom is -0.372 e. The van der Waals surface area contributed by atoms with Gasteiger partial charge in [-0.15, -0.1) is 0 Å². The lowest BCUT2D eigenvalue weighted by Crippen LogP contribution is -2.46. The van der Waals surface area contributed by atoms with Crippen LogP contribution in [0.25, 0.3) is 0 Å². The molecule has 0 aromatic carbocycles. The molecule has 1 saturated heterocycles. The molecule has 2 unspecified atom stereocenters. The molecule has 1 aliphatic rings. The molecule has 1 aromatic heterocycles. The standard InChI is InChI=1S/C15H25N3O/c1-11(2)17-8-14-7-16-6-5-15(14)18-9-12(3)19-13(4)10-18/h5-7,11-13,17H,8-10H2,1-4H3. The molecule has 4 nitrogen and oxygen atoms in total. The molecule has 106 valence electrons. The van der Waals surface area contributed by atoms with Crippen molar-refractivity contribution in [2.45, 2.75) is 52.5 Å². The van der Waals surface area contributed by atoms with E-state index in [2.05, 4.69) is 49.0 Å². The molecule has 0 radical (unpaired) electrons.